The van der Waals surface area contributed by atoms with Gasteiger partial charge in [0.15, 0.2) is 6.29 Å². The number of amides is 1. The summed E-state index contributed by atoms with van der Waals surface area (Å²) in [5.74, 6) is -0.462. The zero-order valence-electron chi connectivity index (χ0n) is 8.61. The molecule has 1 amide bonds. The lowest BCUT2D eigenvalue weighted by atomic mass is 9.97. The number of ether oxygens (including phenoxy) is 1. The summed E-state index contributed by atoms with van der Waals surface area (Å²) >= 11 is 0. The van der Waals surface area contributed by atoms with Gasteiger partial charge in [-0.1, -0.05) is 0 Å². The number of aliphatic hydroxyl groups is 4. The Balaban J connectivity index is 0.00000225. The van der Waals surface area contributed by atoms with Crippen molar-refractivity contribution in [3.8, 4) is 0 Å². The number of aliphatic hydroxyl groups excluding tert-OH is 4. The van der Waals surface area contributed by atoms with Crippen molar-refractivity contribution in [3.05, 3.63) is 0 Å². The Morgan fingerprint density at radius 3 is 2.31 bits per heavy atom. The van der Waals surface area contributed by atoms with Crippen molar-refractivity contribution in [3.63, 3.8) is 0 Å². The molecule has 1 fully saturated rings. The van der Waals surface area contributed by atoms with Gasteiger partial charge in [-0.3, -0.25) is 4.79 Å². The number of hydrogen-bond acceptors (Lipinski definition) is 6. The van der Waals surface area contributed by atoms with Gasteiger partial charge < -0.3 is 30.5 Å². The molecule has 0 spiro atoms. The Morgan fingerprint density at radius 2 is 1.88 bits per heavy atom. The van der Waals surface area contributed by atoms with Crippen LogP contribution in [0.15, 0.2) is 0 Å². The van der Waals surface area contributed by atoms with Crippen molar-refractivity contribution in [2.24, 2.45) is 0 Å². The maximum absolute atomic E-state index is 10.7. The molecule has 0 aromatic carbocycles. The first-order chi connectivity index (χ1) is 6.97. The summed E-state index contributed by atoms with van der Waals surface area (Å²) in [7, 11) is 0. The molecule has 1 heterocycles. The lowest BCUT2D eigenvalue weighted by Gasteiger charge is -2.40. The van der Waals surface area contributed by atoms with E-state index in [2.05, 4.69) is 5.32 Å². The molecule has 16 heavy (non-hydrogen) atoms. The third kappa shape index (κ3) is 3.37. The Bertz CT molecular complexity index is 241. The average Bonchev–Trinajstić information content (AvgIpc) is 2.18. The third-order valence-corrected chi connectivity index (χ3v) is 2.27. The summed E-state index contributed by atoms with van der Waals surface area (Å²) in [5.41, 5.74) is 0. The van der Waals surface area contributed by atoms with Gasteiger partial charge in [-0.2, -0.15) is 0 Å². The second-order valence-corrected chi connectivity index (χ2v) is 3.46. The maximum Gasteiger partial charge on any atom is 0.217 e. The van der Waals surface area contributed by atoms with Crippen molar-refractivity contribution in [1.29, 1.82) is 0 Å². The SMILES string of the molecule is Br.CC(=O)N[C@H]1C(O)O[C@H](CO)[C@H](O)[C@@H]1O. The number of halogens is 1. The molecular formula is C8H16BrNO6. The highest BCUT2D eigenvalue weighted by Crippen LogP contribution is 2.19. The first-order valence-electron chi connectivity index (χ1n) is 4.55. The molecule has 5 N–H and O–H groups in total. The van der Waals surface area contributed by atoms with E-state index in [1.165, 1.54) is 6.92 Å². The molecule has 8 heteroatoms. The van der Waals surface area contributed by atoms with Crippen LogP contribution in [0.5, 0.6) is 0 Å². The minimum absolute atomic E-state index is 0. The van der Waals surface area contributed by atoms with Gasteiger partial charge >= 0.3 is 0 Å². The molecule has 0 aromatic rings. The van der Waals surface area contributed by atoms with Gasteiger partial charge in [0.05, 0.1) is 6.61 Å². The normalized spacial score (nSPS) is 38.7. The number of hydrogen-bond donors (Lipinski definition) is 5. The molecule has 0 radical (unpaired) electrons. The highest BCUT2D eigenvalue weighted by molar-refractivity contribution is 8.93. The van der Waals surface area contributed by atoms with Crippen LogP contribution in [0.2, 0.25) is 0 Å². The quantitative estimate of drug-likeness (QED) is 0.385. The molecule has 1 unspecified atom stereocenters. The van der Waals surface area contributed by atoms with Gasteiger partial charge in [-0.25, -0.2) is 0 Å². The van der Waals surface area contributed by atoms with E-state index in [4.69, 9.17) is 9.84 Å². The fourth-order valence-corrected chi connectivity index (χ4v) is 1.49. The van der Waals surface area contributed by atoms with Gasteiger partial charge in [0.2, 0.25) is 5.91 Å². The first kappa shape index (κ1) is 15.8. The van der Waals surface area contributed by atoms with E-state index in [1.54, 1.807) is 0 Å². The fraction of sp³-hybridized carbons (Fsp3) is 0.875. The fourth-order valence-electron chi connectivity index (χ4n) is 1.49. The largest absolute Gasteiger partial charge is 0.394 e. The van der Waals surface area contributed by atoms with Crippen LogP contribution in [0.4, 0.5) is 0 Å². The van der Waals surface area contributed by atoms with E-state index < -0.39 is 43.2 Å². The summed E-state index contributed by atoms with van der Waals surface area (Å²) in [6.07, 6.45) is -5.24. The molecule has 1 aliphatic rings. The molecule has 1 rings (SSSR count). The van der Waals surface area contributed by atoms with Crippen molar-refractivity contribution >= 4 is 22.9 Å². The van der Waals surface area contributed by atoms with Crippen LogP contribution in [0, 0.1) is 0 Å². The van der Waals surface area contributed by atoms with E-state index in [-0.39, 0.29) is 17.0 Å². The zero-order valence-corrected chi connectivity index (χ0v) is 10.3. The van der Waals surface area contributed by atoms with E-state index in [1.807, 2.05) is 0 Å². The van der Waals surface area contributed by atoms with Crippen LogP contribution in [0.25, 0.3) is 0 Å². The maximum atomic E-state index is 10.7. The molecule has 0 bridgehead atoms. The summed E-state index contributed by atoms with van der Waals surface area (Å²) in [6.45, 7) is 0.687. The highest BCUT2D eigenvalue weighted by Gasteiger charge is 2.43. The Labute approximate surface area is 103 Å². The van der Waals surface area contributed by atoms with Gasteiger partial charge in [-0.05, 0) is 0 Å². The van der Waals surface area contributed by atoms with Gasteiger partial charge in [0, 0.05) is 6.92 Å². The number of nitrogens with one attached hydrogen (secondary N) is 1. The predicted octanol–water partition coefficient (Wildman–Crippen LogP) is -2.50. The molecule has 0 aromatic heterocycles. The van der Waals surface area contributed by atoms with E-state index in [0.29, 0.717) is 0 Å². The lowest BCUT2D eigenvalue weighted by Crippen LogP contribution is -2.63. The Hall–Kier alpha value is -0.250. The minimum atomic E-state index is -1.45. The van der Waals surface area contributed by atoms with Crippen molar-refractivity contribution in [1.82, 2.24) is 5.32 Å². The highest BCUT2D eigenvalue weighted by atomic mass is 79.9. The van der Waals surface area contributed by atoms with Crippen molar-refractivity contribution in [2.45, 2.75) is 37.6 Å². The molecule has 7 nitrogen and oxygen atoms in total. The standard InChI is InChI=1S/C8H15NO6.BrH/c1-3(11)9-5-7(13)6(12)4(2-10)15-8(5)14;/h4-8,10,12-14H,2H2,1H3,(H,9,11);1H/t4-,5-,6+,7-,8?;/m1./s1. The topological polar surface area (TPSA) is 119 Å². The van der Waals surface area contributed by atoms with Crippen LogP contribution in [-0.4, -0.2) is 63.6 Å². The molecule has 5 atom stereocenters. The van der Waals surface area contributed by atoms with Gasteiger partial charge in [-0.15, -0.1) is 17.0 Å². The van der Waals surface area contributed by atoms with Gasteiger partial charge in [0.25, 0.3) is 0 Å². The van der Waals surface area contributed by atoms with Gasteiger partial charge in [0.1, 0.15) is 24.4 Å². The summed E-state index contributed by atoms with van der Waals surface area (Å²) < 4.78 is 4.81. The van der Waals surface area contributed by atoms with Crippen LogP contribution in [0.1, 0.15) is 6.92 Å². The monoisotopic (exact) mass is 301 g/mol. The summed E-state index contributed by atoms with van der Waals surface area (Å²) in [6, 6.07) is -1.10. The second-order valence-electron chi connectivity index (χ2n) is 3.46. The van der Waals surface area contributed by atoms with Crippen molar-refractivity contribution in [2.75, 3.05) is 6.61 Å². The van der Waals surface area contributed by atoms with Crippen LogP contribution >= 0.6 is 17.0 Å². The predicted molar refractivity (Wildman–Crippen MR) is 57.9 cm³/mol. The number of rotatable bonds is 2. The molecule has 96 valence electrons. The smallest absolute Gasteiger partial charge is 0.217 e. The molecule has 1 aliphatic heterocycles. The number of carbonyl (C=O) groups excluding carboxylic acids is 1. The Kier molecular flexibility index (Phi) is 6.38. The van der Waals surface area contributed by atoms with Crippen LogP contribution < -0.4 is 5.32 Å². The lowest BCUT2D eigenvalue weighted by molar-refractivity contribution is -0.253. The molecule has 0 aliphatic carbocycles. The van der Waals surface area contributed by atoms with E-state index in [9.17, 15) is 20.1 Å². The zero-order chi connectivity index (χ0) is 11.6. The van der Waals surface area contributed by atoms with Crippen LogP contribution in [-0.2, 0) is 9.53 Å². The minimum Gasteiger partial charge on any atom is -0.394 e. The molecule has 1 saturated heterocycles. The third-order valence-electron chi connectivity index (χ3n) is 2.27. The summed E-state index contributed by atoms with van der Waals surface area (Å²) in [5, 5.41) is 39.4. The molecule has 0 saturated carbocycles. The van der Waals surface area contributed by atoms with E-state index >= 15 is 0 Å². The molecular weight excluding hydrogens is 286 g/mol. The van der Waals surface area contributed by atoms with Crippen molar-refractivity contribution < 1.29 is 30.0 Å². The van der Waals surface area contributed by atoms with Crippen LogP contribution in [0.3, 0.4) is 0 Å². The first-order valence-corrected chi connectivity index (χ1v) is 4.55. The average molecular weight is 302 g/mol. The summed E-state index contributed by atoms with van der Waals surface area (Å²) in [4.78, 5) is 10.7. The number of carbonyl (C=O) groups is 1. The Morgan fingerprint density at radius 1 is 1.31 bits per heavy atom. The van der Waals surface area contributed by atoms with E-state index in [0.717, 1.165) is 0 Å². The second kappa shape index (κ2) is 6.48.